The van der Waals surface area contributed by atoms with Gasteiger partial charge in [0, 0.05) is 40.0 Å². The van der Waals surface area contributed by atoms with Gasteiger partial charge in [0.1, 0.15) is 0 Å². The molecule has 242 valence electrons. The lowest BCUT2D eigenvalue weighted by molar-refractivity contribution is 1.15. The predicted octanol–water partition coefficient (Wildman–Crippen LogP) is 10.5. The maximum Gasteiger partial charge on any atom is 0.321 e. The third kappa shape index (κ3) is 5.06. The van der Waals surface area contributed by atoms with Gasteiger partial charge in [0.2, 0.25) is 0 Å². The van der Waals surface area contributed by atoms with Crippen LogP contribution in [0.25, 0.3) is 72.5 Å². The van der Waals surface area contributed by atoms with Gasteiger partial charge in [0.15, 0.2) is 5.82 Å². The predicted molar refractivity (Wildman–Crippen MR) is 216 cm³/mol. The van der Waals surface area contributed by atoms with E-state index < -0.39 is 0 Å². The van der Waals surface area contributed by atoms with Crippen molar-refractivity contribution < 1.29 is 0 Å². The van der Waals surface area contributed by atoms with E-state index in [0.717, 1.165) is 50.2 Å². The van der Waals surface area contributed by atoms with Crippen LogP contribution >= 0.6 is 0 Å². The average Bonchev–Trinajstić information content (AvgIpc) is 3.24. The van der Waals surface area contributed by atoms with Crippen molar-refractivity contribution in [1.29, 1.82) is 0 Å². The van der Waals surface area contributed by atoms with Crippen LogP contribution in [-0.4, -0.2) is 21.8 Å². The van der Waals surface area contributed by atoms with Gasteiger partial charge in [-0.25, -0.2) is 9.97 Å². The Kier molecular flexibility index (Phi) is 7.21. The smallest absolute Gasteiger partial charge is 0.321 e. The summed E-state index contributed by atoms with van der Waals surface area (Å²) in [6.45, 7) is -0.0817. The van der Waals surface area contributed by atoms with Crippen molar-refractivity contribution in [3.8, 4) is 56.0 Å². The Bertz CT molecular complexity index is 2620. The zero-order chi connectivity index (χ0) is 34.4. The van der Waals surface area contributed by atoms with E-state index in [1.54, 1.807) is 0 Å². The molecular formula is C47H31BN4. The molecule has 8 aromatic rings. The second kappa shape index (κ2) is 12.5. The lowest BCUT2D eigenvalue weighted by Crippen LogP contribution is -2.50. The normalized spacial score (nSPS) is 13.0. The largest absolute Gasteiger partial charge is 0.381 e. The van der Waals surface area contributed by atoms with Crippen molar-refractivity contribution in [2.24, 2.45) is 0 Å². The lowest BCUT2D eigenvalue weighted by atomic mass is 9.47. The van der Waals surface area contributed by atoms with Gasteiger partial charge in [-0.2, -0.15) is 0 Å². The number of allylic oxidation sites excluding steroid dienone is 2. The molecule has 0 amide bonds. The first-order valence-corrected chi connectivity index (χ1v) is 17.6. The maximum atomic E-state index is 5.20. The minimum atomic E-state index is -0.0817. The Balaban J connectivity index is 1.23. The van der Waals surface area contributed by atoms with E-state index >= 15 is 0 Å². The van der Waals surface area contributed by atoms with Crippen LogP contribution in [0.1, 0.15) is 5.69 Å². The van der Waals surface area contributed by atoms with Crippen LogP contribution in [0.5, 0.6) is 0 Å². The number of benzene rings is 6. The second-order valence-electron chi connectivity index (χ2n) is 13.2. The fourth-order valence-corrected chi connectivity index (χ4v) is 7.76. The summed E-state index contributed by atoms with van der Waals surface area (Å²) < 4.78 is 0. The molecule has 0 unspecified atom stereocenters. The first-order valence-electron chi connectivity index (χ1n) is 17.6. The van der Waals surface area contributed by atoms with Gasteiger partial charge in [0.25, 0.3) is 0 Å². The molecule has 6 aromatic carbocycles. The summed E-state index contributed by atoms with van der Waals surface area (Å²) in [5, 5.41) is 1.11. The van der Waals surface area contributed by atoms with E-state index in [1.807, 2.05) is 36.5 Å². The molecular weight excluding hydrogens is 631 g/mol. The number of pyridine rings is 1. The highest BCUT2D eigenvalue weighted by Crippen LogP contribution is 2.45. The lowest BCUT2D eigenvalue weighted by Gasteiger charge is -2.39. The van der Waals surface area contributed by atoms with E-state index in [-0.39, 0.29) is 6.85 Å². The molecule has 2 aliphatic rings. The molecule has 4 heterocycles. The summed E-state index contributed by atoms with van der Waals surface area (Å²) >= 11 is 0. The van der Waals surface area contributed by atoms with Crippen LogP contribution in [0.15, 0.2) is 188 Å². The third-order valence-corrected chi connectivity index (χ3v) is 10.1. The number of hydrogen-bond donors (Lipinski definition) is 0. The maximum absolute atomic E-state index is 5.20. The topological polar surface area (TPSA) is 41.9 Å². The summed E-state index contributed by atoms with van der Waals surface area (Å²) in [6, 6.07) is 57.5. The van der Waals surface area contributed by atoms with Crippen molar-refractivity contribution in [3.05, 3.63) is 194 Å². The molecule has 0 radical (unpaired) electrons. The minimum Gasteiger partial charge on any atom is -0.381 e. The first-order chi connectivity index (χ1) is 25.8. The Morgan fingerprint density at radius 3 is 1.85 bits per heavy atom. The molecule has 0 saturated carbocycles. The molecule has 0 saturated heterocycles. The van der Waals surface area contributed by atoms with E-state index in [2.05, 4.69) is 157 Å². The van der Waals surface area contributed by atoms with Crippen molar-refractivity contribution in [2.75, 3.05) is 4.81 Å². The first kappa shape index (κ1) is 30.0. The van der Waals surface area contributed by atoms with Gasteiger partial charge >= 0.3 is 6.85 Å². The number of aromatic nitrogens is 3. The molecule has 0 spiro atoms. The molecule has 4 nitrogen and oxygen atoms in total. The van der Waals surface area contributed by atoms with Gasteiger partial charge < -0.3 is 4.81 Å². The SMILES string of the molecule is C1=CC(c2cc(-c3ccccc3)nc(-c3ccccc3)n2)=CN2B1c1c(ccc(-c3ccccc3)c1-c1ccccc1)-c1ccc3cccnc3c12. The Hall–Kier alpha value is -6.85. The second-order valence-corrected chi connectivity index (χ2v) is 13.2. The van der Waals surface area contributed by atoms with Crippen LogP contribution in [-0.2, 0) is 0 Å². The van der Waals surface area contributed by atoms with Crippen molar-refractivity contribution in [2.45, 2.75) is 0 Å². The molecule has 2 aromatic heterocycles. The molecule has 0 atom stereocenters. The van der Waals surface area contributed by atoms with Crippen LogP contribution in [0.2, 0.25) is 0 Å². The molecule has 10 rings (SSSR count). The van der Waals surface area contributed by atoms with Gasteiger partial charge in [0.05, 0.1) is 22.6 Å². The van der Waals surface area contributed by atoms with Gasteiger partial charge in [-0.15, -0.1) is 0 Å². The number of fused-ring (bicyclic) bond motifs is 8. The van der Waals surface area contributed by atoms with Gasteiger partial charge in [-0.05, 0) is 45.4 Å². The molecule has 0 bridgehead atoms. The Labute approximate surface area is 303 Å². The van der Waals surface area contributed by atoms with Crippen LogP contribution in [0, 0.1) is 0 Å². The Morgan fingerprint density at radius 1 is 0.500 bits per heavy atom. The van der Waals surface area contributed by atoms with Gasteiger partial charge in [-0.3, -0.25) is 4.98 Å². The van der Waals surface area contributed by atoms with E-state index in [4.69, 9.17) is 15.0 Å². The highest BCUT2D eigenvalue weighted by Gasteiger charge is 2.38. The van der Waals surface area contributed by atoms with E-state index in [0.29, 0.717) is 5.82 Å². The summed E-state index contributed by atoms with van der Waals surface area (Å²) in [4.78, 5) is 17.7. The molecule has 52 heavy (non-hydrogen) atoms. The fourth-order valence-electron chi connectivity index (χ4n) is 7.76. The molecule has 0 fully saturated rings. The highest BCUT2D eigenvalue weighted by molar-refractivity contribution is 6.85. The van der Waals surface area contributed by atoms with Crippen molar-refractivity contribution >= 4 is 34.5 Å². The summed E-state index contributed by atoms with van der Waals surface area (Å²) in [6.07, 6.45) is 6.41. The zero-order valence-corrected chi connectivity index (χ0v) is 28.3. The zero-order valence-electron chi connectivity index (χ0n) is 28.3. The molecule has 2 aliphatic heterocycles. The average molecular weight is 663 g/mol. The molecule has 0 aliphatic carbocycles. The number of nitrogens with zero attached hydrogens (tertiary/aromatic N) is 4. The third-order valence-electron chi connectivity index (χ3n) is 10.1. The summed E-state index contributed by atoms with van der Waals surface area (Å²) in [5.74, 6) is 3.04. The minimum absolute atomic E-state index is 0.0817. The number of anilines is 1. The summed E-state index contributed by atoms with van der Waals surface area (Å²) in [5.41, 5.74) is 15.4. The number of rotatable bonds is 5. The van der Waals surface area contributed by atoms with E-state index in [1.165, 1.54) is 33.3 Å². The van der Waals surface area contributed by atoms with Crippen molar-refractivity contribution in [1.82, 2.24) is 15.0 Å². The van der Waals surface area contributed by atoms with E-state index in [9.17, 15) is 0 Å². The van der Waals surface area contributed by atoms with Crippen molar-refractivity contribution in [3.63, 3.8) is 0 Å². The molecule has 5 heteroatoms. The number of hydrogen-bond acceptors (Lipinski definition) is 4. The molecule has 0 N–H and O–H groups in total. The highest BCUT2D eigenvalue weighted by atomic mass is 15.1. The van der Waals surface area contributed by atoms with Gasteiger partial charge in [-0.1, -0.05) is 164 Å². The standard InChI is InChI=1S/C47H31BN4/c1-5-14-32(15-6-1)38-25-26-39-40-24-23-35-22-13-29-49-45(35)46(40)52-31-37(27-28-48(52)44(39)43(38)34-18-9-3-10-19-34)42-30-41(33-16-7-2-8-17-33)50-47(51-42)36-20-11-4-12-21-36/h1-31H. The quantitative estimate of drug-likeness (QED) is 0.172. The Morgan fingerprint density at radius 2 is 1.12 bits per heavy atom. The van der Waals surface area contributed by atoms with Crippen LogP contribution < -0.4 is 10.3 Å². The fraction of sp³-hybridized carbons (Fsp3) is 0. The van der Waals surface area contributed by atoms with Crippen LogP contribution in [0.4, 0.5) is 5.69 Å². The van der Waals surface area contributed by atoms with Crippen LogP contribution in [0.3, 0.4) is 0 Å². The summed E-state index contributed by atoms with van der Waals surface area (Å²) in [7, 11) is 0. The monoisotopic (exact) mass is 662 g/mol.